The molecule has 2 N–H and O–H groups in total. The number of carbonyl (C=O) groups excluding carboxylic acids is 2. The molecule has 0 radical (unpaired) electrons. The molecule has 6 nitrogen and oxygen atoms in total. The standard InChI is InChI=1S/C24H39N3O3/c28-22(26-12-14-27(15-13-26)23(29)24(30)9-1-10-24)18-4-2-17(3-5-18)19-6-7-21-20(16-19)8-11-25-21/h17-21,25,30H,1-16H2. The maximum absolute atomic E-state index is 13.1. The molecule has 2 aliphatic heterocycles. The van der Waals surface area contributed by atoms with Crippen molar-refractivity contribution in [1.82, 2.24) is 15.1 Å². The van der Waals surface area contributed by atoms with E-state index in [0.29, 0.717) is 44.9 Å². The molecule has 3 aliphatic carbocycles. The normalized spacial score (nSPS) is 38.6. The van der Waals surface area contributed by atoms with E-state index in [0.717, 1.165) is 43.1 Å². The van der Waals surface area contributed by atoms with Gasteiger partial charge in [0.15, 0.2) is 0 Å². The summed E-state index contributed by atoms with van der Waals surface area (Å²) in [5.41, 5.74) is -1.11. The SMILES string of the molecule is O=C(C1CCC(C2CCC3NCCC3C2)CC1)N1CCN(C(=O)C2(O)CCC2)CC1. The number of piperazine rings is 1. The van der Waals surface area contributed by atoms with Crippen molar-refractivity contribution in [1.29, 1.82) is 0 Å². The molecule has 5 fully saturated rings. The third-order valence-electron chi connectivity index (χ3n) is 9.19. The number of aliphatic hydroxyl groups is 1. The fraction of sp³-hybridized carbons (Fsp3) is 0.917. The lowest BCUT2D eigenvalue weighted by Crippen LogP contribution is -2.59. The Labute approximate surface area is 180 Å². The second kappa shape index (κ2) is 8.42. The van der Waals surface area contributed by atoms with Gasteiger partial charge in [0.1, 0.15) is 5.60 Å². The predicted molar refractivity (Wildman–Crippen MR) is 115 cm³/mol. The van der Waals surface area contributed by atoms with E-state index in [1.54, 1.807) is 4.90 Å². The lowest BCUT2D eigenvalue weighted by Gasteiger charge is -2.43. The van der Waals surface area contributed by atoms with Gasteiger partial charge in [-0.3, -0.25) is 9.59 Å². The Morgan fingerprint density at radius 2 is 1.47 bits per heavy atom. The molecule has 5 aliphatic rings. The molecule has 5 rings (SSSR count). The Balaban J connectivity index is 1.07. The summed E-state index contributed by atoms with van der Waals surface area (Å²) in [5.74, 6) is 2.99. The highest BCUT2D eigenvalue weighted by atomic mass is 16.3. The molecule has 0 aromatic heterocycles. The Hall–Kier alpha value is -1.14. The van der Waals surface area contributed by atoms with Gasteiger partial charge in [-0.05, 0) is 94.9 Å². The second-order valence-electron chi connectivity index (χ2n) is 10.8. The van der Waals surface area contributed by atoms with E-state index in [-0.39, 0.29) is 11.8 Å². The van der Waals surface area contributed by atoms with Crippen molar-refractivity contribution in [3.63, 3.8) is 0 Å². The molecule has 2 saturated heterocycles. The van der Waals surface area contributed by atoms with Crippen LogP contribution >= 0.6 is 0 Å². The van der Waals surface area contributed by atoms with Crippen molar-refractivity contribution < 1.29 is 14.7 Å². The Bertz CT molecular complexity index is 648. The number of rotatable bonds is 3. The quantitative estimate of drug-likeness (QED) is 0.738. The van der Waals surface area contributed by atoms with Gasteiger partial charge in [0.05, 0.1) is 0 Å². The summed E-state index contributed by atoms with van der Waals surface area (Å²) >= 11 is 0. The first-order valence-electron chi connectivity index (χ1n) is 12.6. The van der Waals surface area contributed by atoms with E-state index in [9.17, 15) is 14.7 Å². The molecule has 3 saturated carbocycles. The maximum Gasteiger partial charge on any atom is 0.254 e. The molecule has 0 bridgehead atoms. The number of fused-ring (bicyclic) bond motifs is 1. The molecular weight excluding hydrogens is 378 g/mol. The van der Waals surface area contributed by atoms with Gasteiger partial charge in [-0.15, -0.1) is 0 Å². The third kappa shape index (κ3) is 3.90. The number of carbonyl (C=O) groups is 2. The van der Waals surface area contributed by atoms with Crippen LogP contribution in [0.5, 0.6) is 0 Å². The summed E-state index contributed by atoms with van der Waals surface area (Å²) in [4.78, 5) is 29.3. The van der Waals surface area contributed by atoms with Gasteiger partial charge < -0.3 is 20.2 Å². The van der Waals surface area contributed by atoms with E-state index in [1.807, 2.05) is 4.90 Å². The zero-order valence-corrected chi connectivity index (χ0v) is 18.4. The highest BCUT2D eigenvalue weighted by molar-refractivity contribution is 5.86. The third-order valence-corrected chi connectivity index (χ3v) is 9.19. The van der Waals surface area contributed by atoms with Gasteiger partial charge in [-0.25, -0.2) is 0 Å². The van der Waals surface area contributed by atoms with Gasteiger partial charge in [0.25, 0.3) is 5.91 Å². The van der Waals surface area contributed by atoms with Crippen molar-refractivity contribution in [2.75, 3.05) is 32.7 Å². The molecule has 0 aromatic rings. The van der Waals surface area contributed by atoms with Gasteiger partial charge >= 0.3 is 0 Å². The van der Waals surface area contributed by atoms with Crippen LogP contribution in [-0.2, 0) is 9.59 Å². The highest BCUT2D eigenvalue weighted by Gasteiger charge is 2.45. The molecule has 2 heterocycles. The first-order chi connectivity index (χ1) is 14.5. The average molecular weight is 418 g/mol. The van der Waals surface area contributed by atoms with Gasteiger partial charge in [-0.2, -0.15) is 0 Å². The lowest BCUT2D eigenvalue weighted by atomic mass is 9.67. The van der Waals surface area contributed by atoms with E-state index < -0.39 is 5.60 Å². The summed E-state index contributed by atoms with van der Waals surface area (Å²) in [6.07, 6.45) is 12.1. The summed E-state index contributed by atoms with van der Waals surface area (Å²) in [6, 6.07) is 0.787. The number of hydrogen-bond acceptors (Lipinski definition) is 4. The molecule has 0 aromatic carbocycles. The molecular formula is C24H39N3O3. The molecule has 168 valence electrons. The maximum atomic E-state index is 13.1. The smallest absolute Gasteiger partial charge is 0.254 e. The molecule has 3 unspecified atom stereocenters. The van der Waals surface area contributed by atoms with Crippen LogP contribution in [0.2, 0.25) is 0 Å². The number of nitrogens with zero attached hydrogens (tertiary/aromatic N) is 2. The largest absolute Gasteiger partial charge is 0.380 e. The number of nitrogens with one attached hydrogen (secondary N) is 1. The van der Waals surface area contributed by atoms with Crippen molar-refractivity contribution >= 4 is 11.8 Å². The fourth-order valence-corrected chi connectivity index (χ4v) is 7.02. The van der Waals surface area contributed by atoms with Crippen molar-refractivity contribution in [3.05, 3.63) is 0 Å². The van der Waals surface area contributed by atoms with Crippen LogP contribution in [0.15, 0.2) is 0 Å². The van der Waals surface area contributed by atoms with E-state index in [4.69, 9.17) is 0 Å². The minimum absolute atomic E-state index is 0.117. The monoisotopic (exact) mass is 417 g/mol. The zero-order valence-electron chi connectivity index (χ0n) is 18.4. The van der Waals surface area contributed by atoms with Crippen molar-refractivity contribution in [3.8, 4) is 0 Å². The average Bonchev–Trinajstić information content (AvgIpc) is 3.24. The van der Waals surface area contributed by atoms with Crippen LogP contribution in [0, 0.1) is 23.7 Å². The highest BCUT2D eigenvalue weighted by Crippen LogP contribution is 2.44. The van der Waals surface area contributed by atoms with Gasteiger partial charge in [0, 0.05) is 38.1 Å². The van der Waals surface area contributed by atoms with Crippen LogP contribution in [0.1, 0.15) is 70.6 Å². The Kier molecular flexibility index (Phi) is 5.82. The number of amides is 2. The van der Waals surface area contributed by atoms with E-state index in [2.05, 4.69) is 5.32 Å². The van der Waals surface area contributed by atoms with Crippen LogP contribution < -0.4 is 5.32 Å². The van der Waals surface area contributed by atoms with Crippen LogP contribution in [0.3, 0.4) is 0 Å². The molecule has 30 heavy (non-hydrogen) atoms. The van der Waals surface area contributed by atoms with Crippen LogP contribution in [-0.4, -0.2) is 71.1 Å². The minimum atomic E-state index is -1.11. The molecule has 0 spiro atoms. The van der Waals surface area contributed by atoms with Crippen molar-refractivity contribution in [2.24, 2.45) is 23.7 Å². The zero-order chi connectivity index (χ0) is 20.7. The van der Waals surface area contributed by atoms with Crippen LogP contribution in [0.25, 0.3) is 0 Å². The predicted octanol–water partition coefficient (Wildman–Crippen LogP) is 2.16. The van der Waals surface area contributed by atoms with Crippen molar-refractivity contribution in [2.45, 2.75) is 82.3 Å². The first-order valence-corrected chi connectivity index (χ1v) is 12.6. The molecule has 6 heteroatoms. The summed E-state index contributed by atoms with van der Waals surface area (Å²) in [6.45, 7) is 3.60. The lowest BCUT2D eigenvalue weighted by molar-refractivity contribution is -0.163. The van der Waals surface area contributed by atoms with E-state index >= 15 is 0 Å². The second-order valence-corrected chi connectivity index (χ2v) is 10.8. The Morgan fingerprint density at radius 3 is 2.13 bits per heavy atom. The topological polar surface area (TPSA) is 72.9 Å². The molecule has 3 atom stereocenters. The minimum Gasteiger partial charge on any atom is -0.380 e. The first kappa shape index (κ1) is 20.7. The van der Waals surface area contributed by atoms with Gasteiger partial charge in [0.2, 0.25) is 5.91 Å². The van der Waals surface area contributed by atoms with E-state index in [1.165, 1.54) is 45.1 Å². The number of hydrogen-bond donors (Lipinski definition) is 2. The summed E-state index contributed by atoms with van der Waals surface area (Å²) in [7, 11) is 0. The Morgan fingerprint density at radius 1 is 0.800 bits per heavy atom. The molecule has 2 amide bonds. The van der Waals surface area contributed by atoms with Gasteiger partial charge in [-0.1, -0.05) is 0 Å². The summed E-state index contributed by atoms with van der Waals surface area (Å²) < 4.78 is 0. The van der Waals surface area contributed by atoms with Crippen LogP contribution in [0.4, 0.5) is 0 Å². The summed E-state index contributed by atoms with van der Waals surface area (Å²) in [5, 5.41) is 14.0. The fourth-order valence-electron chi connectivity index (χ4n) is 7.02.